The minimum absolute atomic E-state index is 0. The van der Waals surface area contributed by atoms with Gasteiger partial charge in [-0.15, -0.1) is 12.4 Å². The quantitative estimate of drug-likeness (QED) is 0.438. The topological polar surface area (TPSA) is 34.1 Å². The minimum Gasteiger partial charge on any atom is -0.490 e. The lowest BCUT2D eigenvalue weighted by atomic mass is 9.89. The summed E-state index contributed by atoms with van der Waals surface area (Å²) in [7, 11) is 0. The van der Waals surface area contributed by atoms with E-state index in [1.165, 1.54) is 18.2 Å². The molecular formula is C24H21ClF2N2O. The molecule has 1 aliphatic rings. The van der Waals surface area contributed by atoms with E-state index in [1.807, 2.05) is 24.3 Å². The van der Waals surface area contributed by atoms with Crippen molar-refractivity contribution < 1.29 is 13.5 Å². The number of hydrogen-bond donors (Lipinski definition) is 1. The second kappa shape index (κ2) is 8.54. The van der Waals surface area contributed by atoms with Gasteiger partial charge in [0.25, 0.3) is 0 Å². The molecule has 1 aliphatic carbocycles. The molecule has 0 saturated heterocycles. The predicted molar refractivity (Wildman–Crippen MR) is 117 cm³/mol. The monoisotopic (exact) mass is 426 g/mol. The summed E-state index contributed by atoms with van der Waals surface area (Å²) in [5, 5.41) is 7.08. The summed E-state index contributed by atoms with van der Waals surface area (Å²) in [6.07, 6.45) is 5.26. The predicted octanol–water partition coefficient (Wildman–Crippen LogP) is 5.79. The zero-order valence-electron chi connectivity index (χ0n) is 16.1. The van der Waals surface area contributed by atoms with Crippen molar-refractivity contribution in [3.05, 3.63) is 84.2 Å². The van der Waals surface area contributed by atoms with Crippen molar-refractivity contribution in [3.63, 3.8) is 0 Å². The molecule has 3 aromatic carbocycles. The molecule has 6 heteroatoms. The third-order valence-electron chi connectivity index (χ3n) is 5.61. The first-order chi connectivity index (χ1) is 14.2. The van der Waals surface area contributed by atoms with Crippen LogP contribution >= 0.6 is 12.4 Å². The van der Waals surface area contributed by atoms with Gasteiger partial charge < -0.3 is 10.1 Å². The number of aromatic nitrogens is 1. The van der Waals surface area contributed by atoms with E-state index in [1.54, 1.807) is 24.5 Å². The molecule has 154 valence electrons. The SMILES string of the molecule is Cl.Fc1ccc2ccc(OC3CC(NCc4c(F)ccc5cnccc45)C3)cc2c1. The van der Waals surface area contributed by atoms with Crippen LogP contribution in [0.3, 0.4) is 0 Å². The molecule has 3 nitrogen and oxygen atoms in total. The maximum Gasteiger partial charge on any atom is 0.128 e. The molecule has 0 spiro atoms. The fourth-order valence-electron chi connectivity index (χ4n) is 3.92. The zero-order chi connectivity index (χ0) is 19.8. The standard InChI is InChI=1S/C24H20F2N2O.ClH/c25-18-4-1-15-2-5-20(10-17(15)9-18)29-21-11-19(12-21)28-14-23-22-7-8-27-13-16(22)3-6-24(23)26;/h1-10,13,19,21,28H,11-12,14H2;1H. The number of halogens is 3. The summed E-state index contributed by atoms with van der Waals surface area (Å²) < 4.78 is 33.8. The lowest BCUT2D eigenvalue weighted by Gasteiger charge is -2.36. The van der Waals surface area contributed by atoms with Crippen LogP contribution < -0.4 is 10.1 Å². The molecule has 4 aromatic rings. The molecule has 30 heavy (non-hydrogen) atoms. The summed E-state index contributed by atoms with van der Waals surface area (Å²) >= 11 is 0. The average molecular weight is 427 g/mol. The average Bonchev–Trinajstić information content (AvgIpc) is 2.70. The smallest absolute Gasteiger partial charge is 0.128 e. The van der Waals surface area contributed by atoms with Gasteiger partial charge in [-0.25, -0.2) is 8.78 Å². The second-order valence-corrected chi connectivity index (χ2v) is 7.57. The van der Waals surface area contributed by atoms with Gasteiger partial charge in [-0.1, -0.05) is 12.1 Å². The molecule has 0 aliphatic heterocycles. The van der Waals surface area contributed by atoms with Crippen molar-refractivity contribution in [2.75, 3.05) is 0 Å². The van der Waals surface area contributed by atoms with Gasteiger partial charge in [0.2, 0.25) is 0 Å². The van der Waals surface area contributed by atoms with Gasteiger partial charge in [-0.2, -0.15) is 0 Å². The highest BCUT2D eigenvalue weighted by Crippen LogP contribution is 2.29. The Morgan fingerprint density at radius 1 is 0.933 bits per heavy atom. The Bertz CT molecular complexity index is 1190. The van der Waals surface area contributed by atoms with E-state index in [9.17, 15) is 8.78 Å². The number of hydrogen-bond acceptors (Lipinski definition) is 3. The largest absolute Gasteiger partial charge is 0.490 e. The van der Waals surface area contributed by atoms with Crippen LogP contribution in [0.1, 0.15) is 18.4 Å². The lowest BCUT2D eigenvalue weighted by Crippen LogP contribution is -2.46. The summed E-state index contributed by atoms with van der Waals surface area (Å²) in [6, 6.07) is 15.9. The molecule has 5 rings (SSSR count). The minimum atomic E-state index is -0.251. The summed E-state index contributed by atoms with van der Waals surface area (Å²) in [6.45, 7) is 0.472. The maximum absolute atomic E-state index is 14.3. The Balaban J connectivity index is 0.00000218. The van der Waals surface area contributed by atoms with Crippen LogP contribution in [0.15, 0.2) is 67.0 Å². The Hall–Kier alpha value is -2.76. The summed E-state index contributed by atoms with van der Waals surface area (Å²) in [5.74, 6) is 0.296. The van der Waals surface area contributed by atoms with E-state index in [4.69, 9.17) is 4.74 Å². The van der Waals surface area contributed by atoms with E-state index in [-0.39, 0.29) is 36.2 Å². The molecule has 1 N–H and O–H groups in total. The highest BCUT2D eigenvalue weighted by molar-refractivity contribution is 5.86. The Morgan fingerprint density at radius 2 is 1.73 bits per heavy atom. The Kier molecular flexibility index (Phi) is 5.84. The molecule has 0 amide bonds. The molecule has 1 heterocycles. The van der Waals surface area contributed by atoms with E-state index in [2.05, 4.69) is 10.3 Å². The van der Waals surface area contributed by atoms with Crippen LogP contribution in [0, 0.1) is 11.6 Å². The van der Waals surface area contributed by atoms with Crippen LogP contribution in [0.25, 0.3) is 21.5 Å². The summed E-state index contributed by atoms with van der Waals surface area (Å²) in [5.41, 5.74) is 0.672. The Morgan fingerprint density at radius 3 is 2.60 bits per heavy atom. The van der Waals surface area contributed by atoms with Gasteiger partial charge in [0.15, 0.2) is 0 Å². The molecule has 1 saturated carbocycles. The summed E-state index contributed by atoms with van der Waals surface area (Å²) in [4.78, 5) is 4.10. The molecule has 1 aromatic heterocycles. The van der Waals surface area contributed by atoms with Crippen LogP contribution in [0.2, 0.25) is 0 Å². The van der Waals surface area contributed by atoms with Crippen molar-refractivity contribution in [2.24, 2.45) is 0 Å². The van der Waals surface area contributed by atoms with Gasteiger partial charge in [0.05, 0.1) is 0 Å². The van der Waals surface area contributed by atoms with Crippen LogP contribution in [0.5, 0.6) is 5.75 Å². The third-order valence-corrected chi connectivity index (χ3v) is 5.61. The van der Waals surface area contributed by atoms with Crippen LogP contribution in [0.4, 0.5) is 8.78 Å². The highest BCUT2D eigenvalue weighted by Gasteiger charge is 2.30. The lowest BCUT2D eigenvalue weighted by molar-refractivity contribution is 0.0844. The maximum atomic E-state index is 14.3. The molecule has 1 fully saturated rings. The normalized spacial score (nSPS) is 18.1. The van der Waals surface area contributed by atoms with Gasteiger partial charge in [-0.05, 0) is 71.5 Å². The van der Waals surface area contributed by atoms with E-state index in [0.717, 1.165) is 40.1 Å². The first kappa shape index (κ1) is 20.5. The number of benzene rings is 3. The molecule has 0 bridgehead atoms. The first-order valence-electron chi connectivity index (χ1n) is 9.76. The number of fused-ring (bicyclic) bond motifs is 2. The third kappa shape index (κ3) is 4.09. The van der Waals surface area contributed by atoms with Gasteiger partial charge in [0, 0.05) is 35.9 Å². The number of ether oxygens (including phenoxy) is 1. The molecular weight excluding hydrogens is 406 g/mol. The fraction of sp³-hybridized carbons (Fsp3) is 0.208. The van der Waals surface area contributed by atoms with Crippen LogP contribution in [-0.2, 0) is 6.54 Å². The van der Waals surface area contributed by atoms with Crippen molar-refractivity contribution in [3.8, 4) is 5.75 Å². The van der Waals surface area contributed by atoms with Gasteiger partial charge >= 0.3 is 0 Å². The fourth-order valence-corrected chi connectivity index (χ4v) is 3.92. The Labute approximate surface area is 179 Å². The molecule has 0 atom stereocenters. The van der Waals surface area contributed by atoms with E-state index < -0.39 is 0 Å². The zero-order valence-corrected chi connectivity index (χ0v) is 17.0. The number of nitrogens with zero attached hydrogens (tertiary/aromatic N) is 1. The second-order valence-electron chi connectivity index (χ2n) is 7.57. The van der Waals surface area contributed by atoms with Crippen molar-refractivity contribution in [1.29, 1.82) is 0 Å². The molecule has 0 radical (unpaired) electrons. The van der Waals surface area contributed by atoms with Crippen molar-refractivity contribution in [1.82, 2.24) is 10.3 Å². The van der Waals surface area contributed by atoms with Crippen molar-refractivity contribution >= 4 is 34.0 Å². The first-order valence-corrected chi connectivity index (χ1v) is 9.76. The molecule has 0 unspecified atom stereocenters. The van der Waals surface area contributed by atoms with Crippen LogP contribution in [-0.4, -0.2) is 17.1 Å². The highest BCUT2D eigenvalue weighted by atomic mass is 35.5. The van der Waals surface area contributed by atoms with E-state index in [0.29, 0.717) is 12.1 Å². The van der Waals surface area contributed by atoms with E-state index >= 15 is 0 Å². The van der Waals surface area contributed by atoms with Gasteiger partial charge in [0.1, 0.15) is 23.5 Å². The number of rotatable bonds is 5. The van der Waals surface area contributed by atoms with Gasteiger partial charge in [-0.3, -0.25) is 4.98 Å². The number of nitrogens with one attached hydrogen (secondary N) is 1. The number of pyridine rings is 1. The van der Waals surface area contributed by atoms with Crippen molar-refractivity contribution in [2.45, 2.75) is 31.5 Å².